The van der Waals surface area contributed by atoms with Crippen molar-refractivity contribution in [1.29, 1.82) is 0 Å². The van der Waals surface area contributed by atoms with E-state index in [9.17, 15) is 4.79 Å². The topological polar surface area (TPSA) is 95.6 Å². The summed E-state index contributed by atoms with van der Waals surface area (Å²) in [6.07, 6.45) is 0. The molecule has 0 aliphatic carbocycles. The van der Waals surface area contributed by atoms with Crippen LogP contribution in [0.15, 0.2) is 0 Å². The molecule has 0 rings (SSSR count). The van der Waals surface area contributed by atoms with Crippen LogP contribution >= 0.6 is 0 Å². The van der Waals surface area contributed by atoms with Crippen LogP contribution in [0.4, 0.5) is 0 Å². The molecule has 1 radical (unpaired) electrons. The van der Waals surface area contributed by atoms with Crippen molar-refractivity contribution >= 4 is 5.91 Å². The summed E-state index contributed by atoms with van der Waals surface area (Å²) in [4.78, 5) is 10.1. The second-order valence-electron chi connectivity index (χ2n) is 1.27. The van der Waals surface area contributed by atoms with Crippen LogP contribution in [0.5, 0.6) is 0 Å². The Morgan fingerprint density at radius 3 is 1.83 bits per heavy atom. The molecule has 0 aliphatic heterocycles. The van der Waals surface area contributed by atoms with Gasteiger partial charge in [0, 0.05) is 0 Å². The molecule has 0 saturated heterocycles. The molecule has 0 aromatic heterocycles. The Balaban J connectivity index is -0.0000000408. The standard InChI is InChI=1S/C3H8N2O3.3ClH.Fe/c4-2(1-6)3(7)5-8;;;;/h2,6,8H,1,4H2,(H,5,7);3*1H;/q;;;;+3/p-3/t2-;;;;/m0..../s1. The van der Waals surface area contributed by atoms with E-state index in [2.05, 4.69) is 0 Å². The van der Waals surface area contributed by atoms with Crippen molar-refractivity contribution in [2.45, 2.75) is 6.04 Å². The predicted molar refractivity (Wildman–Crippen MR) is 25.0 cm³/mol. The summed E-state index contributed by atoms with van der Waals surface area (Å²) in [6.45, 7) is -0.466. The van der Waals surface area contributed by atoms with Crippen LogP contribution in [-0.2, 0) is 21.9 Å². The third-order valence-electron chi connectivity index (χ3n) is 0.644. The van der Waals surface area contributed by atoms with Crippen molar-refractivity contribution in [3.8, 4) is 0 Å². The van der Waals surface area contributed by atoms with Crippen LogP contribution in [0.1, 0.15) is 0 Å². The fourth-order valence-corrected chi connectivity index (χ4v) is 0.166. The Labute approximate surface area is 99.1 Å². The third kappa shape index (κ3) is 13.3. The van der Waals surface area contributed by atoms with Crippen molar-refractivity contribution in [1.82, 2.24) is 5.48 Å². The molecular weight excluding hydrogens is 274 g/mol. The number of aliphatic hydroxyl groups is 1. The minimum Gasteiger partial charge on any atom is -1.00 e. The van der Waals surface area contributed by atoms with Crippen LogP contribution in [0.25, 0.3) is 0 Å². The molecule has 5 nitrogen and oxygen atoms in total. The molecule has 5 N–H and O–H groups in total. The summed E-state index contributed by atoms with van der Waals surface area (Å²) >= 11 is 0. The van der Waals surface area contributed by atoms with E-state index >= 15 is 0 Å². The van der Waals surface area contributed by atoms with Gasteiger partial charge in [-0.3, -0.25) is 10.0 Å². The number of hydroxylamine groups is 1. The first-order chi connectivity index (χ1) is 3.72. The zero-order chi connectivity index (χ0) is 6.57. The Morgan fingerprint density at radius 1 is 1.42 bits per heavy atom. The van der Waals surface area contributed by atoms with Gasteiger partial charge in [0.15, 0.2) is 0 Å². The van der Waals surface area contributed by atoms with E-state index in [0.717, 1.165) is 0 Å². The first kappa shape index (κ1) is 29.3. The minimum absolute atomic E-state index is 0. The minimum atomic E-state index is -1.03. The smallest absolute Gasteiger partial charge is 1.00 e. The maximum Gasteiger partial charge on any atom is 3.00 e. The molecule has 0 bridgehead atoms. The number of aliphatic hydroxyl groups excluding tert-OH is 1. The molecule has 1 atom stereocenters. The van der Waals surface area contributed by atoms with Gasteiger partial charge in [0.25, 0.3) is 5.91 Å². The molecule has 0 fully saturated rings. The van der Waals surface area contributed by atoms with Gasteiger partial charge in [0.2, 0.25) is 0 Å². The van der Waals surface area contributed by atoms with Gasteiger partial charge in [-0.25, -0.2) is 5.48 Å². The van der Waals surface area contributed by atoms with Crippen LogP contribution in [0.3, 0.4) is 0 Å². The Bertz CT molecular complexity index is 98.9. The van der Waals surface area contributed by atoms with E-state index < -0.39 is 18.6 Å². The average Bonchev–Trinajstić information content (AvgIpc) is 1.84. The second-order valence-corrected chi connectivity index (χ2v) is 1.27. The number of hydrogen-bond donors (Lipinski definition) is 4. The normalized spacial score (nSPS) is 8.58. The number of hydrogen-bond acceptors (Lipinski definition) is 4. The number of nitrogens with two attached hydrogens (primary N) is 1. The number of rotatable bonds is 2. The molecule has 0 aromatic rings. The van der Waals surface area contributed by atoms with Gasteiger partial charge in [-0.05, 0) is 0 Å². The van der Waals surface area contributed by atoms with Gasteiger partial charge < -0.3 is 48.1 Å². The Hall–Kier alpha value is 0.739. The maximum absolute atomic E-state index is 10.1. The first-order valence-corrected chi connectivity index (χ1v) is 2.02. The summed E-state index contributed by atoms with van der Waals surface area (Å²) in [5, 5.41) is 16.0. The van der Waals surface area contributed by atoms with E-state index in [-0.39, 0.29) is 54.3 Å². The zero-order valence-corrected chi connectivity index (χ0v) is 9.02. The summed E-state index contributed by atoms with van der Waals surface area (Å²) < 4.78 is 0. The van der Waals surface area contributed by atoms with Gasteiger partial charge in [0.05, 0.1) is 6.61 Å². The first-order valence-electron chi connectivity index (χ1n) is 2.02. The Kier molecular flexibility index (Phi) is 43.3. The molecule has 0 aliphatic rings. The van der Waals surface area contributed by atoms with Gasteiger partial charge in [0.1, 0.15) is 6.04 Å². The number of amides is 1. The quantitative estimate of drug-likeness (QED) is 0.230. The van der Waals surface area contributed by atoms with Gasteiger partial charge >= 0.3 is 17.1 Å². The van der Waals surface area contributed by atoms with E-state index in [0.29, 0.717) is 0 Å². The third-order valence-corrected chi connectivity index (χ3v) is 0.644. The Morgan fingerprint density at radius 2 is 1.75 bits per heavy atom. The number of carbonyl (C=O) groups excluding carboxylic acids is 1. The summed E-state index contributed by atoms with van der Waals surface area (Å²) in [7, 11) is 0. The van der Waals surface area contributed by atoms with Crippen molar-refractivity contribution in [3.05, 3.63) is 0 Å². The fourth-order valence-electron chi connectivity index (χ4n) is 0.166. The van der Waals surface area contributed by atoms with Crippen molar-refractivity contribution in [2.75, 3.05) is 6.61 Å². The van der Waals surface area contributed by atoms with Gasteiger partial charge in [-0.1, -0.05) is 0 Å². The van der Waals surface area contributed by atoms with Crippen molar-refractivity contribution < 1.29 is 69.4 Å². The maximum atomic E-state index is 10.1. The SMILES string of the molecule is N[C@@H](CO)C(=O)NO.[Cl-].[Cl-].[Cl-].[Fe+3]. The summed E-state index contributed by atoms with van der Waals surface area (Å²) in [5.41, 5.74) is 6.20. The van der Waals surface area contributed by atoms with Crippen LogP contribution < -0.4 is 48.4 Å². The molecule has 0 spiro atoms. The number of carbonyl (C=O) groups is 1. The molecule has 9 heteroatoms. The molecule has 12 heavy (non-hydrogen) atoms. The molecule has 0 unspecified atom stereocenters. The van der Waals surface area contributed by atoms with Crippen LogP contribution in [0, 0.1) is 0 Å². The van der Waals surface area contributed by atoms with Gasteiger partial charge in [-0.2, -0.15) is 0 Å². The van der Waals surface area contributed by atoms with Gasteiger partial charge in [-0.15, -0.1) is 0 Å². The molecule has 1 amide bonds. The monoisotopic (exact) mass is 281 g/mol. The largest absolute Gasteiger partial charge is 3.00 e. The second kappa shape index (κ2) is 17.7. The predicted octanol–water partition coefficient (Wildman–Crippen LogP) is -11.2. The van der Waals surface area contributed by atoms with Crippen molar-refractivity contribution in [2.24, 2.45) is 5.73 Å². The zero-order valence-electron chi connectivity index (χ0n) is 5.65. The van der Waals surface area contributed by atoms with Crippen LogP contribution in [0.2, 0.25) is 0 Å². The van der Waals surface area contributed by atoms with E-state index in [1.54, 1.807) is 0 Å². The van der Waals surface area contributed by atoms with Crippen molar-refractivity contribution in [3.63, 3.8) is 0 Å². The van der Waals surface area contributed by atoms with E-state index in [1.807, 2.05) is 0 Å². The molecule has 0 heterocycles. The molecular formula is C3H8Cl3FeN2O3. The molecule has 77 valence electrons. The fraction of sp³-hybridized carbons (Fsp3) is 0.667. The number of halogens is 3. The van der Waals surface area contributed by atoms with E-state index in [1.165, 1.54) is 5.48 Å². The average molecular weight is 282 g/mol. The summed E-state index contributed by atoms with van der Waals surface area (Å²) in [6, 6.07) is -1.03. The van der Waals surface area contributed by atoms with Crippen LogP contribution in [-0.4, -0.2) is 28.9 Å². The molecule has 0 aromatic carbocycles. The number of nitrogens with one attached hydrogen (secondary N) is 1. The summed E-state index contributed by atoms with van der Waals surface area (Å²) in [5.74, 6) is -0.785. The van der Waals surface area contributed by atoms with E-state index in [4.69, 9.17) is 16.0 Å². The molecule has 0 saturated carbocycles.